The van der Waals surface area contributed by atoms with Crippen molar-refractivity contribution in [3.8, 4) is 0 Å². The molecule has 0 aliphatic carbocycles. The zero-order chi connectivity index (χ0) is 19.8. The van der Waals surface area contributed by atoms with Gasteiger partial charge in [0.1, 0.15) is 0 Å². The molecule has 2 aromatic carbocycles. The number of carbonyl (C=O) groups excluding carboxylic acids is 1. The molecule has 0 spiro atoms. The SMILES string of the molecule is CC(C)n1c(SCC(=O)N2CCc3ccccc32)nc2cc(Cl)ccc2c1=O. The molecule has 5 nitrogen and oxygen atoms in total. The monoisotopic (exact) mass is 413 g/mol. The molecule has 1 aromatic heterocycles. The van der Waals surface area contributed by atoms with Crippen LogP contribution in [0.2, 0.25) is 5.02 Å². The lowest BCUT2D eigenvalue weighted by Crippen LogP contribution is -2.31. The van der Waals surface area contributed by atoms with Gasteiger partial charge in [-0.3, -0.25) is 14.2 Å². The van der Waals surface area contributed by atoms with Crippen molar-refractivity contribution in [3.63, 3.8) is 0 Å². The standard InChI is InChI=1S/C21H20ClN3O2S/c1-13(2)25-20(27)16-8-7-15(22)11-17(16)23-21(25)28-12-19(26)24-10-9-14-5-3-4-6-18(14)24/h3-8,11,13H,9-10,12H2,1-2H3. The number of amides is 1. The summed E-state index contributed by atoms with van der Waals surface area (Å²) in [6, 6.07) is 13.0. The predicted octanol–water partition coefficient (Wildman–Crippen LogP) is 4.31. The molecule has 0 saturated heterocycles. The van der Waals surface area contributed by atoms with E-state index in [1.807, 2.05) is 36.9 Å². The molecule has 1 aliphatic rings. The number of anilines is 1. The second kappa shape index (κ2) is 7.60. The highest BCUT2D eigenvalue weighted by Crippen LogP contribution is 2.29. The fraction of sp³-hybridized carbons (Fsp3) is 0.286. The van der Waals surface area contributed by atoms with Gasteiger partial charge in [0, 0.05) is 23.3 Å². The minimum absolute atomic E-state index is 0.0192. The van der Waals surface area contributed by atoms with Crippen LogP contribution in [0.4, 0.5) is 5.69 Å². The first-order valence-electron chi connectivity index (χ1n) is 9.18. The van der Waals surface area contributed by atoms with Gasteiger partial charge in [-0.25, -0.2) is 4.98 Å². The van der Waals surface area contributed by atoms with E-state index in [1.165, 1.54) is 17.3 Å². The van der Waals surface area contributed by atoms with Crippen molar-refractivity contribution in [1.82, 2.24) is 9.55 Å². The van der Waals surface area contributed by atoms with E-state index in [2.05, 4.69) is 11.1 Å². The lowest BCUT2D eigenvalue weighted by Gasteiger charge is -2.19. The third-order valence-electron chi connectivity index (χ3n) is 4.86. The highest BCUT2D eigenvalue weighted by Gasteiger charge is 2.25. The Labute approximate surface area is 172 Å². The van der Waals surface area contributed by atoms with Crippen LogP contribution in [0.1, 0.15) is 25.5 Å². The van der Waals surface area contributed by atoms with Crippen LogP contribution in [-0.2, 0) is 11.2 Å². The van der Waals surface area contributed by atoms with Crippen LogP contribution >= 0.6 is 23.4 Å². The Bertz CT molecular complexity index is 1130. The molecule has 3 aromatic rings. The molecule has 0 radical (unpaired) electrons. The van der Waals surface area contributed by atoms with Crippen molar-refractivity contribution < 1.29 is 4.79 Å². The van der Waals surface area contributed by atoms with Gasteiger partial charge in [0.05, 0.1) is 16.7 Å². The maximum absolute atomic E-state index is 12.9. The normalized spacial score (nSPS) is 13.4. The number of benzene rings is 2. The van der Waals surface area contributed by atoms with Crippen LogP contribution in [0, 0.1) is 0 Å². The van der Waals surface area contributed by atoms with Crippen molar-refractivity contribution in [2.45, 2.75) is 31.5 Å². The number of hydrogen-bond acceptors (Lipinski definition) is 4. The van der Waals surface area contributed by atoms with E-state index in [-0.39, 0.29) is 23.3 Å². The molecule has 0 atom stereocenters. The fourth-order valence-corrected chi connectivity index (χ4v) is 4.68. The highest BCUT2D eigenvalue weighted by molar-refractivity contribution is 7.99. The van der Waals surface area contributed by atoms with Gasteiger partial charge in [-0.1, -0.05) is 41.6 Å². The number of fused-ring (bicyclic) bond motifs is 2. The fourth-order valence-electron chi connectivity index (χ4n) is 3.51. The summed E-state index contributed by atoms with van der Waals surface area (Å²) in [4.78, 5) is 32.2. The van der Waals surface area contributed by atoms with Crippen molar-refractivity contribution in [1.29, 1.82) is 0 Å². The minimum Gasteiger partial charge on any atom is -0.311 e. The minimum atomic E-state index is -0.113. The summed E-state index contributed by atoms with van der Waals surface area (Å²) in [6.45, 7) is 4.57. The Morgan fingerprint density at radius 1 is 1.25 bits per heavy atom. The summed E-state index contributed by atoms with van der Waals surface area (Å²) >= 11 is 7.37. The molecule has 144 valence electrons. The Balaban J connectivity index is 1.63. The summed E-state index contributed by atoms with van der Waals surface area (Å²) in [5, 5.41) is 1.60. The zero-order valence-corrected chi connectivity index (χ0v) is 17.3. The predicted molar refractivity (Wildman–Crippen MR) is 115 cm³/mol. The quantitative estimate of drug-likeness (QED) is 0.472. The van der Waals surface area contributed by atoms with Crippen molar-refractivity contribution >= 4 is 45.9 Å². The third kappa shape index (κ3) is 3.42. The van der Waals surface area contributed by atoms with Gasteiger partial charge in [0.2, 0.25) is 5.91 Å². The molecule has 0 bridgehead atoms. The Morgan fingerprint density at radius 3 is 2.82 bits per heavy atom. The average molecular weight is 414 g/mol. The van der Waals surface area contributed by atoms with Crippen LogP contribution < -0.4 is 10.5 Å². The molecule has 0 N–H and O–H groups in total. The maximum atomic E-state index is 12.9. The smallest absolute Gasteiger partial charge is 0.262 e. The van der Waals surface area contributed by atoms with Crippen LogP contribution in [0.5, 0.6) is 0 Å². The number of rotatable bonds is 4. The van der Waals surface area contributed by atoms with E-state index >= 15 is 0 Å². The van der Waals surface area contributed by atoms with Crippen LogP contribution in [0.3, 0.4) is 0 Å². The Hall–Kier alpha value is -2.31. The van der Waals surface area contributed by atoms with Gasteiger partial charge in [0.25, 0.3) is 5.56 Å². The van der Waals surface area contributed by atoms with Crippen LogP contribution in [-0.4, -0.2) is 27.8 Å². The molecule has 0 unspecified atom stereocenters. The number of hydrogen-bond donors (Lipinski definition) is 0. The van der Waals surface area contributed by atoms with E-state index in [0.717, 1.165) is 12.1 Å². The highest BCUT2D eigenvalue weighted by atomic mass is 35.5. The van der Waals surface area contributed by atoms with Gasteiger partial charge in [0.15, 0.2) is 5.16 Å². The summed E-state index contributed by atoms with van der Waals surface area (Å²) in [5.41, 5.74) is 2.61. The number of aromatic nitrogens is 2. The molecule has 0 saturated carbocycles. The largest absolute Gasteiger partial charge is 0.311 e. The summed E-state index contributed by atoms with van der Waals surface area (Å²) in [7, 11) is 0. The molecule has 7 heteroatoms. The van der Waals surface area contributed by atoms with Gasteiger partial charge < -0.3 is 4.90 Å². The van der Waals surface area contributed by atoms with Gasteiger partial charge in [-0.15, -0.1) is 0 Å². The lowest BCUT2D eigenvalue weighted by molar-refractivity contribution is -0.116. The summed E-state index contributed by atoms with van der Waals surface area (Å²) in [6.07, 6.45) is 0.871. The van der Waals surface area contributed by atoms with E-state index in [0.29, 0.717) is 27.6 Å². The van der Waals surface area contributed by atoms with Gasteiger partial charge in [-0.2, -0.15) is 0 Å². The van der Waals surface area contributed by atoms with Crippen molar-refractivity contribution in [2.24, 2.45) is 0 Å². The first-order valence-corrected chi connectivity index (χ1v) is 10.5. The van der Waals surface area contributed by atoms with E-state index in [1.54, 1.807) is 22.8 Å². The van der Waals surface area contributed by atoms with Crippen LogP contribution in [0.25, 0.3) is 10.9 Å². The van der Waals surface area contributed by atoms with E-state index < -0.39 is 0 Å². The molecular formula is C21H20ClN3O2S. The van der Waals surface area contributed by atoms with Crippen molar-refractivity contribution in [3.05, 3.63) is 63.4 Å². The number of carbonyl (C=O) groups is 1. The lowest BCUT2D eigenvalue weighted by atomic mass is 10.2. The summed E-state index contributed by atoms with van der Waals surface area (Å²) < 4.78 is 1.64. The Morgan fingerprint density at radius 2 is 2.04 bits per heavy atom. The second-order valence-electron chi connectivity index (χ2n) is 7.04. The zero-order valence-electron chi connectivity index (χ0n) is 15.7. The maximum Gasteiger partial charge on any atom is 0.262 e. The Kier molecular flexibility index (Phi) is 5.17. The first kappa shape index (κ1) is 19.0. The molecule has 1 amide bonds. The van der Waals surface area contributed by atoms with E-state index in [9.17, 15) is 9.59 Å². The molecular weight excluding hydrogens is 394 g/mol. The van der Waals surface area contributed by atoms with Crippen LogP contribution in [0.15, 0.2) is 52.4 Å². The third-order valence-corrected chi connectivity index (χ3v) is 6.03. The molecule has 1 aliphatic heterocycles. The number of para-hydroxylation sites is 1. The molecule has 28 heavy (non-hydrogen) atoms. The van der Waals surface area contributed by atoms with Gasteiger partial charge >= 0.3 is 0 Å². The molecule has 4 rings (SSSR count). The van der Waals surface area contributed by atoms with E-state index in [4.69, 9.17) is 11.6 Å². The number of nitrogens with zero attached hydrogens (tertiary/aromatic N) is 3. The first-order chi connectivity index (χ1) is 13.5. The van der Waals surface area contributed by atoms with Crippen molar-refractivity contribution in [2.75, 3.05) is 17.2 Å². The second-order valence-corrected chi connectivity index (χ2v) is 8.42. The average Bonchev–Trinajstić information content (AvgIpc) is 3.09. The molecule has 2 heterocycles. The summed E-state index contributed by atoms with van der Waals surface area (Å²) in [5.74, 6) is 0.241. The number of thioether (sulfide) groups is 1. The molecule has 0 fully saturated rings. The van der Waals surface area contributed by atoms with Gasteiger partial charge in [-0.05, 0) is 50.1 Å². The topological polar surface area (TPSA) is 55.2 Å². The number of halogens is 1.